The maximum atomic E-state index is 13.7. The van der Waals surface area contributed by atoms with Crippen molar-refractivity contribution in [3.63, 3.8) is 0 Å². The molecule has 1 amide bonds. The van der Waals surface area contributed by atoms with Gasteiger partial charge in [-0.25, -0.2) is 4.39 Å². The average Bonchev–Trinajstić information content (AvgIpc) is 3.18. The molecule has 3 aromatic rings. The van der Waals surface area contributed by atoms with Crippen LogP contribution in [-0.2, 0) is 11.2 Å². The summed E-state index contributed by atoms with van der Waals surface area (Å²) in [4.78, 5) is 12.1. The number of rotatable bonds is 8. The molecule has 146 valence electrons. The topological polar surface area (TPSA) is 77.2 Å². The maximum Gasteiger partial charge on any atom is 0.277 e. The standard InChI is InChI=1S/C20H20FN3O3S/c1-3-14-8-10-15(11-9-14)22-18(25)12-28-20-24-23-19(27-20)13(2)26-17-7-5-4-6-16(17)21/h4-11,13H,3,12H2,1-2H3,(H,22,25)/t13-/m1/s1. The van der Waals surface area contributed by atoms with Gasteiger partial charge in [0.2, 0.25) is 5.91 Å². The van der Waals surface area contributed by atoms with Gasteiger partial charge in [-0.2, -0.15) is 0 Å². The number of carbonyl (C=O) groups excluding carboxylic acids is 1. The molecule has 3 rings (SSSR count). The number of benzene rings is 2. The lowest BCUT2D eigenvalue weighted by molar-refractivity contribution is -0.113. The minimum Gasteiger partial charge on any atom is -0.478 e. The molecule has 0 saturated heterocycles. The molecule has 1 atom stereocenters. The van der Waals surface area contributed by atoms with Gasteiger partial charge in [0.1, 0.15) is 0 Å². The first kappa shape index (κ1) is 19.9. The molecule has 0 unspecified atom stereocenters. The van der Waals surface area contributed by atoms with Gasteiger partial charge in [-0.3, -0.25) is 4.79 Å². The molecular formula is C20H20FN3O3S. The zero-order valence-corrected chi connectivity index (χ0v) is 16.3. The van der Waals surface area contributed by atoms with Gasteiger partial charge < -0.3 is 14.5 Å². The zero-order chi connectivity index (χ0) is 19.9. The second kappa shape index (κ2) is 9.36. The maximum absolute atomic E-state index is 13.7. The van der Waals surface area contributed by atoms with Gasteiger partial charge in [0.25, 0.3) is 11.1 Å². The number of amides is 1. The molecule has 2 aromatic carbocycles. The van der Waals surface area contributed by atoms with Crippen molar-refractivity contribution >= 4 is 23.4 Å². The highest BCUT2D eigenvalue weighted by atomic mass is 32.2. The number of carbonyl (C=O) groups is 1. The van der Waals surface area contributed by atoms with Crippen LogP contribution >= 0.6 is 11.8 Å². The van der Waals surface area contributed by atoms with Gasteiger partial charge in [-0.15, -0.1) is 10.2 Å². The minimum atomic E-state index is -0.621. The quantitative estimate of drug-likeness (QED) is 0.554. The lowest BCUT2D eigenvalue weighted by Crippen LogP contribution is -2.13. The Hall–Kier alpha value is -2.87. The Bertz CT molecular complexity index is 930. The van der Waals surface area contributed by atoms with Crippen LogP contribution in [0.15, 0.2) is 58.2 Å². The lowest BCUT2D eigenvalue weighted by atomic mass is 10.1. The van der Waals surface area contributed by atoms with E-state index in [2.05, 4.69) is 22.4 Å². The normalized spacial score (nSPS) is 11.8. The number of nitrogens with one attached hydrogen (secondary N) is 1. The van der Waals surface area contributed by atoms with Gasteiger partial charge >= 0.3 is 0 Å². The molecule has 8 heteroatoms. The summed E-state index contributed by atoms with van der Waals surface area (Å²) in [5.41, 5.74) is 1.94. The molecule has 0 saturated carbocycles. The first-order chi connectivity index (χ1) is 13.5. The van der Waals surface area contributed by atoms with E-state index in [1.165, 1.54) is 17.7 Å². The second-order valence-electron chi connectivity index (χ2n) is 5.98. The molecule has 0 aliphatic heterocycles. The van der Waals surface area contributed by atoms with Crippen LogP contribution in [0.3, 0.4) is 0 Å². The Kier molecular flexibility index (Phi) is 6.65. The van der Waals surface area contributed by atoms with Crippen molar-refractivity contribution in [2.45, 2.75) is 31.6 Å². The summed E-state index contributed by atoms with van der Waals surface area (Å²) in [7, 11) is 0. The van der Waals surface area contributed by atoms with Crippen LogP contribution in [0.4, 0.5) is 10.1 Å². The Labute approximate surface area is 166 Å². The third kappa shape index (κ3) is 5.32. The van der Waals surface area contributed by atoms with Crippen LogP contribution in [-0.4, -0.2) is 21.9 Å². The summed E-state index contributed by atoms with van der Waals surface area (Å²) < 4.78 is 24.7. The Morgan fingerprint density at radius 2 is 1.96 bits per heavy atom. The highest BCUT2D eigenvalue weighted by Gasteiger charge is 2.18. The number of aryl methyl sites for hydroxylation is 1. The summed E-state index contributed by atoms with van der Waals surface area (Å²) in [5, 5.41) is 10.9. The van der Waals surface area contributed by atoms with E-state index in [-0.39, 0.29) is 28.5 Å². The number of hydrogen-bond donors (Lipinski definition) is 1. The van der Waals surface area contributed by atoms with Crippen LogP contribution in [0.5, 0.6) is 5.75 Å². The molecule has 0 spiro atoms. The monoisotopic (exact) mass is 401 g/mol. The second-order valence-corrected chi connectivity index (χ2v) is 6.91. The fourth-order valence-corrected chi connectivity index (χ4v) is 2.94. The van der Waals surface area contributed by atoms with E-state index >= 15 is 0 Å². The third-order valence-electron chi connectivity index (χ3n) is 3.88. The molecule has 0 radical (unpaired) electrons. The van der Waals surface area contributed by atoms with Gasteiger partial charge in [-0.1, -0.05) is 43.0 Å². The minimum absolute atomic E-state index is 0.107. The van der Waals surface area contributed by atoms with Gasteiger partial charge in [0, 0.05) is 5.69 Å². The van der Waals surface area contributed by atoms with Crippen LogP contribution in [0.25, 0.3) is 0 Å². The summed E-state index contributed by atoms with van der Waals surface area (Å²) in [6, 6.07) is 13.8. The summed E-state index contributed by atoms with van der Waals surface area (Å²) in [5.74, 6) is -0.200. The zero-order valence-electron chi connectivity index (χ0n) is 15.5. The fourth-order valence-electron chi connectivity index (χ4n) is 2.37. The van der Waals surface area contributed by atoms with Crippen molar-refractivity contribution in [3.8, 4) is 5.75 Å². The van der Waals surface area contributed by atoms with Crippen molar-refractivity contribution in [1.29, 1.82) is 0 Å². The smallest absolute Gasteiger partial charge is 0.277 e. The number of para-hydroxylation sites is 1. The molecular weight excluding hydrogens is 381 g/mol. The van der Waals surface area contributed by atoms with Crippen LogP contribution in [0.2, 0.25) is 0 Å². The van der Waals surface area contributed by atoms with E-state index in [0.717, 1.165) is 23.9 Å². The Morgan fingerprint density at radius 1 is 1.21 bits per heavy atom. The fraction of sp³-hybridized carbons (Fsp3) is 0.250. The number of halogens is 1. The van der Waals surface area contributed by atoms with Crippen LogP contribution in [0.1, 0.15) is 31.4 Å². The lowest BCUT2D eigenvalue weighted by Gasteiger charge is -2.11. The van der Waals surface area contributed by atoms with Crippen molar-refractivity contribution < 1.29 is 18.3 Å². The number of thioether (sulfide) groups is 1. The molecule has 0 bridgehead atoms. The molecule has 0 fully saturated rings. The summed E-state index contributed by atoms with van der Waals surface area (Å²) in [6.07, 6.45) is 0.326. The van der Waals surface area contributed by atoms with Gasteiger partial charge in [0.15, 0.2) is 17.7 Å². The highest BCUT2D eigenvalue weighted by molar-refractivity contribution is 7.99. The molecule has 0 aliphatic rings. The Balaban J connectivity index is 1.51. The van der Waals surface area contributed by atoms with E-state index in [0.29, 0.717) is 0 Å². The highest BCUT2D eigenvalue weighted by Crippen LogP contribution is 2.25. The summed E-state index contributed by atoms with van der Waals surface area (Å²) in [6.45, 7) is 3.76. The van der Waals surface area contributed by atoms with Crippen LogP contribution in [0, 0.1) is 5.82 Å². The molecule has 1 N–H and O–H groups in total. The molecule has 6 nitrogen and oxygen atoms in total. The number of nitrogens with zero attached hydrogens (tertiary/aromatic N) is 2. The number of anilines is 1. The molecule has 28 heavy (non-hydrogen) atoms. The van der Waals surface area contributed by atoms with Crippen molar-refractivity contribution in [2.24, 2.45) is 0 Å². The molecule has 1 heterocycles. The summed E-state index contributed by atoms with van der Waals surface area (Å²) >= 11 is 1.12. The number of hydrogen-bond acceptors (Lipinski definition) is 6. The van der Waals surface area contributed by atoms with E-state index in [1.807, 2.05) is 24.3 Å². The van der Waals surface area contributed by atoms with Crippen molar-refractivity contribution in [2.75, 3.05) is 11.1 Å². The first-order valence-corrected chi connectivity index (χ1v) is 9.80. The van der Waals surface area contributed by atoms with Gasteiger partial charge in [0.05, 0.1) is 5.75 Å². The van der Waals surface area contributed by atoms with Crippen LogP contribution < -0.4 is 10.1 Å². The van der Waals surface area contributed by atoms with Crippen molar-refractivity contribution in [3.05, 3.63) is 65.8 Å². The molecule has 0 aliphatic carbocycles. The largest absolute Gasteiger partial charge is 0.478 e. The number of ether oxygens (including phenoxy) is 1. The SMILES string of the molecule is CCc1ccc(NC(=O)CSc2nnc([C@@H](C)Oc3ccccc3F)o2)cc1. The third-order valence-corrected chi connectivity index (χ3v) is 4.70. The first-order valence-electron chi connectivity index (χ1n) is 8.81. The predicted octanol–water partition coefficient (Wildman–Crippen LogP) is 4.64. The predicted molar refractivity (Wildman–Crippen MR) is 105 cm³/mol. The Morgan fingerprint density at radius 3 is 2.68 bits per heavy atom. The van der Waals surface area contributed by atoms with E-state index in [4.69, 9.17) is 9.15 Å². The van der Waals surface area contributed by atoms with E-state index in [1.54, 1.807) is 19.1 Å². The molecule has 1 aromatic heterocycles. The van der Waals surface area contributed by atoms with Gasteiger partial charge in [-0.05, 0) is 43.2 Å². The van der Waals surface area contributed by atoms with E-state index < -0.39 is 11.9 Å². The average molecular weight is 401 g/mol. The van der Waals surface area contributed by atoms with E-state index in [9.17, 15) is 9.18 Å². The number of aromatic nitrogens is 2. The van der Waals surface area contributed by atoms with Crippen molar-refractivity contribution in [1.82, 2.24) is 10.2 Å².